The lowest BCUT2D eigenvalue weighted by atomic mass is 10.1. The van der Waals surface area contributed by atoms with Gasteiger partial charge in [0.1, 0.15) is 0 Å². The summed E-state index contributed by atoms with van der Waals surface area (Å²) in [5.41, 5.74) is 7.61. The van der Waals surface area contributed by atoms with Crippen molar-refractivity contribution in [2.24, 2.45) is 0 Å². The van der Waals surface area contributed by atoms with Crippen LogP contribution in [0.25, 0.3) is 24.3 Å². The average Bonchev–Trinajstić information content (AvgIpc) is 3.14. The number of nitrogens with zero attached hydrogens (tertiary/aromatic N) is 2. The number of benzene rings is 5. The summed E-state index contributed by atoms with van der Waals surface area (Å²) in [5, 5.41) is 36.1. The molecule has 0 spiro atoms. The Balaban J connectivity index is 1.55. The van der Waals surface area contributed by atoms with E-state index >= 15 is 0 Å². The third-order valence-electron chi connectivity index (χ3n) is 7.64. The molecule has 0 aromatic heterocycles. The number of hydrogen-bond acceptors (Lipinski definition) is 6. The van der Waals surface area contributed by atoms with Crippen LogP contribution in [0, 0.1) is 0 Å². The first-order valence-electron chi connectivity index (χ1n) is 15.8. The van der Waals surface area contributed by atoms with E-state index < -0.39 is 23.9 Å². The zero-order valence-electron chi connectivity index (χ0n) is 27.5. The summed E-state index contributed by atoms with van der Waals surface area (Å²) >= 11 is 0. The highest BCUT2D eigenvalue weighted by Gasteiger charge is 2.16. The Hall–Kier alpha value is -7.46. The molecule has 0 heterocycles. The van der Waals surface area contributed by atoms with Crippen molar-refractivity contribution in [3.05, 3.63) is 168 Å². The van der Waals surface area contributed by atoms with Gasteiger partial charge in [0.15, 0.2) is 0 Å². The van der Waals surface area contributed by atoms with Crippen molar-refractivity contribution in [2.75, 3.05) is 9.80 Å². The standard InChI is InChI=1S/C42H32N2O8/c45-39(46)25-9-29-1-13-33(14-2-29)43(34-15-3-30(4-16-34)10-26-40(47)48)37-21-23-38(24-22-37)44(35-17-5-31(6-18-35)11-27-41(49)50)36-19-7-32(8-20-36)12-28-42(51)52/h1-28H,(H,45,46)(H,47,48)(H,49,50)(H,51,52). The molecular formula is C42H32N2O8. The third-order valence-corrected chi connectivity index (χ3v) is 7.64. The van der Waals surface area contributed by atoms with Gasteiger partial charge in [-0.2, -0.15) is 0 Å². The van der Waals surface area contributed by atoms with Gasteiger partial charge in [0.25, 0.3) is 0 Å². The van der Waals surface area contributed by atoms with Gasteiger partial charge < -0.3 is 30.2 Å². The van der Waals surface area contributed by atoms with Gasteiger partial charge in [0, 0.05) is 58.4 Å². The van der Waals surface area contributed by atoms with Crippen LogP contribution in [0.1, 0.15) is 22.3 Å². The molecule has 0 aliphatic carbocycles. The summed E-state index contributed by atoms with van der Waals surface area (Å²) in [5.74, 6) is -4.19. The van der Waals surface area contributed by atoms with E-state index in [2.05, 4.69) is 0 Å². The van der Waals surface area contributed by atoms with Crippen LogP contribution >= 0.6 is 0 Å². The van der Waals surface area contributed by atoms with Crippen molar-refractivity contribution in [1.29, 1.82) is 0 Å². The molecule has 0 aliphatic rings. The van der Waals surface area contributed by atoms with Gasteiger partial charge in [-0.15, -0.1) is 0 Å². The van der Waals surface area contributed by atoms with Gasteiger partial charge in [-0.1, -0.05) is 48.5 Å². The van der Waals surface area contributed by atoms with E-state index in [-0.39, 0.29) is 0 Å². The summed E-state index contributed by atoms with van der Waals surface area (Å²) in [6.07, 6.45) is 10.3. The fourth-order valence-electron chi connectivity index (χ4n) is 5.25. The molecule has 0 saturated heterocycles. The molecule has 4 N–H and O–H groups in total. The molecule has 0 atom stereocenters. The highest BCUT2D eigenvalue weighted by atomic mass is 16.4. The van der Waals surface area contributed by atoms with Gasteiger partial charge in [-0.3, -0.25) is 0 Å². The second-order valence-electron chi connectivity index (χ2n) is 11.2. The molecule has 258 valence electrons. The summed E-state index contributed by atoms with van der Waals surface area (Å²) in [6.45, 7) is 0. The molecule has 5 rings (SSSR count). The monoisotopic (exact) mass is 692 g/mol. The van der Waals surface area contributed by atoms with Gasteiger partial charge in [-0.05, 0) is 119 Å². The highest BCUT2D eigenvalue weighted by Crippen LogP contribution is 2.39. The molecule has 5 aromatic rings. The molecule has 0 unspecified atom stereocenters. The van der Waals surface area contributed by atoms with Crippen molar-refractivity contribution in [3.8, 4) is 0 Å². The lowest BCUT2D eigenvalue weighted by Gasteiger charge is -2.28. The van der Waals surface area contributed by atoms with Crippen molar-refractivity contribution in [3.63, 3.8) is 0 Å². The predicted octanol–water partition coefficient (Wildman–Crippen LogP) is 9.02. The van der Waals surface area contributed by atoms with E-state index in [4.69, 9.17) is 20.4 Å². The summed E-state index contributed by atoms with van der Waals surface area (Å²) < 4.78 is 0. The molecule has 10 nitrogen and oxygen atoms in total. The average molecular weight is 693 g/mol. The Kier molecular flexibility index (Phi) is 11.6. The van der Waals surface area contributed by atoms with Crippen molar-refractivity contribution in [2.45, 2.75) is 0 Å². The van der Waals surface area contributed by atoms with Gasteiger partial charge in [-0.25, -0.2) is 19.2 Å². The van der Waals surface area contributed by atoms with E-state index in [9.17, 15) is 19.2 Å². The molecule has 10 heteroatoms. The summed E-state index contributed by atoms with van der Waals surface area (Å²) in [7, 11) is 0. The third kappa shape index (κ3) is 9.80. The van der Waals surface area contributed by atoms with Gasteiger partial charge >= 0.3 is 23.9 Å². The molecule has 0 bridgehead atoms. The SMILES string of the molecule is O=C(O)C=Cc1ccc(N(c2ccc(C=CC(=O)O)cc2)c2ccc(N(c3ccc(C=CC(=O)O)cc3)c3ccc(C=CC(=O)O)cc3)cc2)cc1. The number of anilines is 6. The van der Waals surface area contributed by atoms with Crippen LogP contribution in [0.4, 0.5) is 34.1 Å². The van der Waals surface area contributed by atoms with Crippen LogP contribution in [0.5, 0.6) is 0 Å². The normalized spacial score (nSPS) is 11.4. The van der Waals surface area contributed by atoms with Crippen LogP contribution < -0.4 is 9.80 Å². The largest absolute Gasteiger partial charge is 0.478 e. The van der Waals surface area contributed by atoms with Gasteiger partial charge in [0.05, 0.1) is 0 Å². The molecule has 5 aromatic carbocycles. The minimum Gasteiger partial charge on any atom is -0.478 e. The Morgan fingerprint density at radius 1 is 0.308 bits per heavy atom. The minimum absolute atomic E-state index is 0.709. The van der Waals surface area contributed by atoms with Gasteiger partial charge in [0.2, 0.25) is 0 Å². The first-order chi connectivity index (χ1) is 25.0. The molecule has 0 aliphatic heterocycles. The maximum Gasteiger partial charge on any atom is 0.328 e. The number of carboxylic acids is 4. The highest BCUT2D eigenvalue weighted by molar-refractivity contribution is 5.88. The Morgan fingerprint density at radius 3 is 0.615 bits per heavy atom. The quantitative estimate of drug-likeness (QED) is 0.0829. The first-order valence-corrected chi connectivity index (χ1v) is 15.8. The van der Waals surface area contributed by atoms with Crippen LogP contribution in [0.3, 0.4) is 0 Å². The lowest BCUT2D eigenvalue weighted by Crippen LogP contribution is -2.12. The fraction of sp³-hybridized carbons (Fsp3) is 0. The van der Waals surface area contributed by atoms with E-state index in [1.54, 1.807) is 0 Å². The molecule has 0 amide bonds. The second kappa shape index (κ2) is 16.8. The van der Waals surface area contributed by atoms with Crippen molar-refractivity contribution < 1.29 is 39.6 Å². The second-order valence-corrected chi connectivity index (χ2v) is 11.2. The maximum absolute atomic E-state index is 11.0. The lowest BCUT2D eigenvalue weighted by molar-refractivity contribution is -0.132. The number of aliphatic carboxylic acids is 4. The number of carboxylic acid groups (broad SMARTS) is 4. The topological polar surface area (TPSA) is 156 Å². The van der Waals surface area contributed by atoms with Crippen molar-refractivity contribution >= 4 is 82.3 Å². The molecule has 0 saturated carbocycles. The van der Waals surface area contributed by atoms with Crippen LogP contribution in [-0.4, -0.2) is 44.3 Å². The number of rotatable bonds is 14. The molecular weight excluding hydrogens is 660 g/mol. The van der Waals surface area contributed by atoms with E-state index in [0.717, 1.165) is 58.4 Å². The van der Waals surface area contributed by atoms with Crippen LogP contribution in [-0.2, 0) is 19.2 Å². The maximum atomic E-state index is 11.0. The summed E-state index contributed by atoms with van der Waals surface area (Å²) in [4.78, 5) is 48.2. The molecule has 0 radical (unpaired) electrons. The van der Waals surface area contributed by atoms with E-state index in [1.807, 2.05) is 131 Å². The molecule has 0 fully saturated rings. The Morgan fingerprint density at radius 2 is 0.462 bits per heavy atom. The number of hydrogen-bond donors (Lipinski definition) is 4. The smallest absolute Gasteiger partial charge is 0.328 e. The van der Waals surface area contributed by atoms with Crippen LogP contribution in [0.15, 0.2) is 146 Å². The molecule has 52 heavy (non-hydrogen) atoms. The minimum atomic E-state index is -1.05. The predicted molar refractivity (Wildman–Crippen MR) is 202 cm³/mol. The Labute approximate surface area is 299 Å². The first kappa shape index (κ1) is 35.8. The zero-order valence-corrected chi connectivity index (χ0v) is 27.5. The van der Waals surface area contributed by atoms with E-state index in [1.165, 1.54) is 24.3 Å². The van der Waals surface area contributed by atoms with Crippen molar-refractivity contribution in [1.82, 2.24) is 0 Å². The number of carbonyl (C=O) groups is 4. The Bertz CT molecular complexity index is 1870. The van der Waals surface area contributed by atoms with E-state index in [0.29, 0.717) is 22.3 Å². The fourth-order valence-corrected chi connectivity index (χ4v) is 5.25. The van der Waals surface area contributed by atoms with Crippen LogP contribution in [0.2, 0.25) is 0 Å². The zero-order chi connectivity index (χ0) is 37.0. The summed E-state index contributed by atoms with van der Waals surface area (Å²) in [6, 6.07) is 37.3.